The normalized spacial score (nSPS) is 15.8. The van der Waals surface area contributed by atoms with E-state index in [2.05, 4.69) is 35.9 Å². The molecule has 4 amide bonds. The highest BCUT2D eigenvalue weighted by Gasteiger charge is 2.45. The zero-order chi connectivity index (χ0) is 39.4. The van der Waals surface area contributed by atoms with Crippen LogP contribution in [0.5, 0.6) is 0 Å². The molecule has 2 rings (SSSR count). The van der Waals surface area contributed by atoms with Crippen LogP contribution in [0.1, 0.15) is 46.4 Å². The van der Waals surface area contributed by atoms with Crippen LogP contribution in [0.15, 0.2) is 35.4 Å². The fraction of sp³-hybridized carbons (Fsp3) is 0.400. The number of carboxylic acid groups (broad SMARTS) is 4. The van der Waals surface area contributed by atoms with Crippen molar-refractivity contribution in [1.82, 2.24) is 21.3 Å². The van der Waals surface area contributed by atoms with Gasteiger partial charge in [-0.3, -0.25) is 38.4 Å². The number of nitrogens with one attached hydrogen (secondary N) is 4. The molecule has 22 heteroatoms. The third kappa shape index (κ3) is 11.1. The quantitative estimate of drug-likeness (QED) is 0.0579. The molecule has 0 saturated heterocycles. The minimum absolute atomic E-state index is 0.328. The van der Waals surface area contributed by atoms with Gasteiger partial charge in [0.25, 0.3) is 0 Å². The molecule has 6 atom stereocenters. The lowest BCUT2D eigenvalue weighted by atomic mass is 9.78. The van der Waals surface area contributed by atoms with Crippen LogP contribution in [0, 0.1) is 0 Å². The topological polar surface area (TPSA) is 352 Å². The van der Waals surface area contributed by atoms with Gasteiger partial charge in [-0.1, -0.05) is 24.3 Å². The number of ketones is 2. The summed E-state index contributed by atoms with van der Waals surface area (Å²) in [6, 6.07) is -5.97. The number of fused-ring (bicyclic) bond motifs is 1. The molecule has 0 saturated carbocycles. The molecule has 282 valence electrons. The van der Waals surface area contributed by atoms with Crippen molar-refractivity contribution in [3.63, 3.8) is 0 Å². The van der Waals surface area contributed by atoms with Crippen molar-refractivity contribution >= 4 is 84.3 Å². The molecular formula is C30H36N6O14S2. The van der Waals surface area contributed by atoms with Gasteiger partial charge in [-0.15, -0.1) is 0 Å². The van der Waals surface area contributed by atoms with Gasteiger partial charge in [0, 0.05) is 46.6 Å². The van der Waals surface area contributed by atoms with Crippen LogP contribution < -0.4 is 32.7 Å². The van der Waals surface area contributed by atoms with E-state index in [4.69, 9.17) is 21.7 Å². The molecule has 0 spiro atoms. The van der Waals surface area contributed by atoms with Crippen LogP contribution in [0.3, 0.4) is 0 Å². The highest BCUT2D eigenvalue weighted by molar-refractivity contribution is 7.80. The van der Waals surface area contributed by atoms with Gasteiger partial charge < -0.3 is 53.2 Å². The van der Waals surface area contributed by atoms with Gasteiger partial charge in [0.05, 0.1) is 0 Å². The predicted molar refractivity (Wildman–Crippen MR) is 183 cm³/mol. The van der Waals surface area contributed by atoms with Crippen molar-refractivity contribution in [2.75, 3.05) is 11.5 Å². The summed E-state index contributed by atoms with van der Waals surface area (Å²) in [5.41, 5.74) is 7.92. The Morgan fingerprint density at radius 1 is 0.577 bits per heavy atom. The maximum Gasteiger partial charge on any atom is 0.331 e. The first-order valence-corrected chi connectivity index (χ1v) is 16.4. The van der Waals surface area contributed by atoms with E-state index in [0.29, 0.717) is 0 Å². The predicted octanol–water partition coefficient (Wildman–Crippen LogP) is -3.29. The minimum atomic E-state index is -2.45. The van der Waals surface area contributed by atoms with Crippen LogP contribution in [-0.2, 0) is 38.4 Å². The SMILES string of the molecule is N[C@@H](CCC(=O)N[C@@H](CS)C(=O)NC(C(=O)O)C1=C(C(NC(=O)[C@H](CS)NC(=O)CC[C@H](N)C(=O)O)C(=O)O)C(=O)c2ccccc2C1=O)C(=O)O. The molecule has 0 heterocycles. The monoisotopic (exact) mass is 768 g/mol. The number of Topliss-reactive ketones (excluding diaryl/α,β-unsaturated/α-hetero) is 2. The number of carbonyl (C=O) groups excluding carboxylic acids is 6. The summed E-state index contributed by atoms with van der Waals surface area (Å²) in [5, 5.41) is 46.6. The molecule has 1 aliphatic rings. The molecule has 2 unspecified atom stereocenters. The van der Waals surface area contributed by atoms with Crippen LogP contribution in [0.25, 0.3) is 0 Å². The van der Waals surface area contributed by atoms with E-state index in [9.17, 15) is 58.2 Å². The zero-order valence-electron chi connectivity index (χ0n) is 26.9. The van der Waals surface area contributed by atoms with Gasteiger partial charge in [-0.05, 0) is 12.8 Å². The van der Waals surface area contributed by atoms with Crippen molar-refractivity contribution < 1.29 is 68.4 Å². The molecule has 12 N–H and O–H groups in total. The Bertz CT molecular complexity index is 1570. The smallest absolute Gasteiger partial charge is 0.331 e. The molecule has 20 nitrogen and oxygen atoms in total. The van der Waals surface area contributed by atoms with Crippen LogP contribution in [0.2, 0.25) is 0 Å². The lowest BCUT2D eigenvalue weighted by Crippen LogP contribution is -2.57. The van der Waals surface area contributed by atoms with E-state index in [0.717, 1.165) is 12.1 Å². The summed E-state index contributed by atoms with van der Waals surface area (Å²) in [5.74, 6) is -14.3. The lowest BCUT2D eigenvalue weighted by Gasteiger charge is -2.30. The minimum Gasteiger partial charge on any atom is -0.480 e. The first-order valence-electron chi connectivity index (χ1n) is 15.1. The largest absolute Gasteiger partial charge is 0.480 e. The molecule has 1 aliphatic carbocycles. The van der Waals surface area contributed by atoms with Crippen molar-refractivity contribution in [1.29, 1.82) is 0 Å². The summed E-state index contributed by atoms with van der Waals surface area (Å²) in [6.45, 7) is 0. The summed E-state index contributed by atoms with van der Waals surface area (Å²) in [6.07, 6.45) is -1.58. The third-order valence-corrected chi connectivity index (χ3v) is 8.24. The Balaban J connectivity index is 2.54. The number of carbonyl (C=O) groups is 10. The maximum atomic E-state index is 13.8. The van der Waals surface area contributed by atoms with Gasteiger partial charge in [0.1, 0.15) is 24.2 Å². The number of nitrogens with two attached hydrogens (primary N) is 2. The molecule has 52 heavy (non-hydrogen) atoms. The average molecular weight is 769 g/mol. The lowest BCUT2D eigenvalue weighted by molar-refractivity contribution is -0.142. The van der Waals surface area contributed by atoms with E-state index < -0.39 is 131 Å². The van der Waals surface area contributed by atoms with Crippen molar-refractivity contribution in [3.8, 4) is 0 Å². The standard InChI is InChI=1S/C30H36N6O14S2/c31-13(27(43)44)5-7-17(37)33-15(9-51)25(41)35-21(29(47)48)19-20(24(40)12-4-2-1-3-11(12)23(19)39)22(30(49)50)36-26(42)16(10-52)34-18(38)8-6-14(32)28(45)46/h1-4,13-16,21-22,51-52H,5-10,31-32H2,(H,33,37)(H,34,38)(H,35,41)(H,36,42)(H,43,44)(H,45,46)(H,47,48)(H,49,50)/t13-,14-,15-,16-,21?,22?/m0/s1. The van der Waals surface area contributed by atoms with E-state index in [1.165, 1.54) is 12.1 Å². The second-order valence-corrected chi connectivity index (χ2v) is 11.9. The number of hydrogen-bond donors (Lipinski definition) is 12. The Morgan fingerprint density at radius 2 is 0.904 bits per heavy atom. The average Bonchev–Trinajstić information content (AvgIpc) is 3.09. The fourth-order valence-corrected chi connectivity index (χ4v) is 5.24. The second kappa shape index (κ2) is 19.3. The highest BCUT2D eigenvalue weighted by atomic mass is 32.1. The van der Waals surface area contributed by atoms with Crippen molar-refractivity contribution in [2.45, 2.75) is 61.9 Å². The number of rotatable bonds is 20. The summed E-state index contributed by atoms with van der Waals surface area (Å²) in [4.78, 5) is 126. The summed E-state index contributed by atoms with van der Waals surface area (Å²) >= 11 is 7.94. The molecule has 0 radical (unpaired) electrons. The highest BCUT2D eigenvalue weighted by Crippen LogP contribution is 2.31. The molecule has 0 fully saturated rings. The van der Waals surface area contributed by atoms with E-state index in [-0.39, 0.29) is 24.0 Å². The molecule has 0 aliphatic heterocycles. The molecule has 0 aromatic heterocycles. The molecule has 1 aromatic carbocycles. The Labute approximate surface area is 304 Å². The summed E-state index contributed by atoms with van der Waals surface area (Å²) < 4.78 is 0. The number of benzene rings is 1. The van der Waals surface area contributed by atoms with E-state index in [1.807, 2.05) is 10.6 Å². The van der Waals surface area contributed by atoms with Crippen LogP contribution >= 0.6 is 25.3 Å². The number of aliphatic carboxylic acids is 4. The molecular weight excluding hydrogens is 732 g/mol. The van der Waals surface area contributed by atoms with Crippen molar-refractivity contribution in [3.05, 3.63) is 46.5 Å². The maximum absolute atomic E-state index is 13.8. The van der Waals surface area contributed by atoms with Gasteiger partial charge in [-0.25, -0.2) is 9.59 Å². The van der Waals surface area contributed by atoms with Gasteiger partial charge in [0.2, 0.25) is 23.6 Å². The first-order chi connectivity index (χ1) is 24.4. The molecule has 0 bridgehead atoms. The van der Waals surface area contributed by atoms with Gasteiger partial charge >= 0.3 is 23.9 Å². The Hall–Kier alpha value is -5.32. The van der Waals surface area contributed by atoms with Gasteiger partial charge in [-0.2, -0.15) is 25.3 Å². The van der Waals surface area contributed by atoms with E-state index in [1.54, 1.807) is 0 Å². The van der Waals surface area contributed by atoms with Gasteiger partial charge in [0.15, 0.2) is 23.7 Å². The zero-order valence-corrected chi connectivity index (χ0v) is 28.7. The second-order valence-electron chi connectivity index (χ2n) is 11.2. The number of hydrogen-bond acceptors (Lipinski definition) is 14. The molecule has 1 aromatic rings. The fourth-order valence-electron chi connectivity index (χ4n) is 4.73. The number of thiol groups is 2. The summed E-state index contributed by atoms with van der Waals surface area (Å²) in [7, 11) is 0. The van der Waals surface area contributed by atoms with E-state index >= 15 is 0 Å². The van der Waals surface area contributed by atoms with Crippen LogP contribution in [0.4, 0.5) is 0 Å². The Morgan fingerprint density at radius 3 is 1.17 bits per heavy atom. The van der Waals surface area contributed by atoms with Crippen molar-refractivity contribution in [2.24, 2.45) is 11.5 Å². The third-order valence-electron chi connectivity index (χ3n) is 7.51. The number of amides is 4. The van der Waals surface area contributed by atoms with Crippen LogP contribution in [-0.4, -0.2) is 127 Å². The first kappa shape index (κ1) is 42.8. The Kier molecular flexibility index (Phi) is 15.9. The number of carboxylic acids is 4.